The number of urea groups is 1. The largest absolute Gasteiger partial charge is 0.371 e. The number of rotatable bonds is 5. The van der Waals surface area contributed by atoms with Crippen molar-refractivity contribution in [3.05, 3.63) is 0 Å². The summed E-state index contributed by atoms with van der Waals surface area (Å²) < 4.78 is 10.3. The molecule has 0 radical (unpaired) electrons. The normalized spacial score (nSPS) is 34.7. The zero-order valence-electron chi connectivity index (χ0n) is 10.7. The van der Waals surface area contributed by atoms with Gasteiger partial charge in [-0.25, -0.2) is 4.79 Å². The molecule has 0 aromatic carbocycles. The van der Waals surface area contributed by atoms with E-state index < -0.39 is 0 Å². The molecule has 18 heavy (non-hydrogen) atoms. The van der Waals surface area contributed by atoms with Crippen LogP contribution < -0.4 is 0 Å². The molecule has 3 rings (SSSR count). The second kappa shape index (κ2) is 4.20. The van der Waals surface area contributed by atoms with Gasteiger partial charge in [0.05, 0.1) is 38.5 Å². The minimum Gasteiger partial charge on any atom is -0.371 e. The molecule has 3 saturated heterocycles. The van der Waals surface area contributed by atoms with Crippen molar-refractivity contribution < 1.29 is 19.1 Å². The Hall–Kier alpha value is -1.14. The molecule has 3 aliphatic heterocycles. The standard InChI is InChI=1S/C12H18N2O4/c1-7(2)10-11(15)14(4-9-6-18-9)12(16)13(10)3-8-5-17-8/h7-10H,3-6H2,1-2H3/t8?,9-,10?/m0/s1. The molecule has 0 aromatic heterocycles. The van der Waals surface area contributed by atoms with Crippen LogP contribution in [0.25, 0.3) is 0 Å². The third-order valence-electron chi connectivity index (χ3n) is 3.55. The first kappa shape index (κ1) is 11.9. The first-order chi connectivity index (χ1) is 8.58. The van der Waals surface area contributed by atoms with Crippen LogP contribution in [-0.2, 0) is 14.3 Å². The number of ether oxygens (including phenoxy) is 2. The van der Waals surface area contributed by atoms with Gasteiger partial charge in [-0.3, -0.25) is 9.69 Å². The number of nitrogens with zero attached hydrogens (tertiary/aromatic N) is 2. The van der Waals surface area contributed by atoms with E-state index in [1.807, 2.05) is 13.8 Å². The fourth-order valence-corrected chi connectivity index (χ4v) is 2.44. The van der Waals surface area contributed by atoms with E-state index in [4.69, 9.17) is 9.47 Å². The van der Waals surface area contributed by atoms with Gasteiger partial charge in [0, 0.05) is 0 Å². The van der Waals surface area contributed by atoms with Crippen molar-refractivity contribution in [2.24, 2.45) is 5.92 Å². The maximum Gasteiger partial charge on any atom is 0.327 e. The molecule has 0 bridgehead atoms. The minimum absolute atomic E-state index is 0.0443. The molecule has 6 nitrogen and oxygen atoms in total. The van der Waals surface area contributed by atoms with E-state index in [0.29, 0.717) is 26.3 Å². The van der Waals surface area contributed by atoms with Gasteiger partial charge in [0.1, 0.15) is 6.04 Å². The van der Waals surface area contributed by atoms with Gasteiger partial charge < -0.3 is 14.4 Å². The van der Waals surface area contributed by atoms with Crippen molar-refractivity contribution in [2.45, 2.75) is 32.1 Å². The fourth-order valence-electron chi connectivity index (χ4n) is 2.44. The Morgan fingerprint density at radius 3 is 2.22 bits per heavy atom. The molecule has 0 N–H and O–H groups in total. The highest BCUT2D eigenvalue weighted by Crippen LogP contribution is 2.27. The first-order valence-corrected chi connectivity index (χ1v) is 6.43. The summed E-state index contributed by atoms with van der Waals surface area (Å²) in [5, 5.41) is 0. The molecule has 0 aliphatic carbocycles. The lowest BCUT2D eigenvalue weighted by Crippen LogP contribution is -2.41. The Labute approximate surface area is 106 Å². The molecular formula is C12H18N2O4. The van der Waals surface area contributed by atoms with Crippen LogP contribution in [0.3, 0.4) is 0 Å². The second-order valence-corrected chi connectivity index (χ2v) is 5.48. The average molecular weight is 254 g/mol. The Kier molecular flexibility index (Phi) is 2.79. The van der Waals surface area contributed by atoms with Crippen molar-refractivity contribution in [1.82, 2.24) is 9.80 Å². The zero-order chi connectivity index (χ0) is 12.9. The van der Waals surface area contributed by atoms with Gasteiger partial charge in [-0.2, -0.15) is 0 Å². The predicted octanol–water partition coefficient (Wildman–Crippen LogP) is 0.0728. The Bertz CT molecular complexity index is 376. The monoisotopic (exact) mass is 254 g/mol. The van der Waals surface area contributed by atoms with Crippen molar-refractivity contribution in [3.63, 3.8) is 0 Å². The summed E-state index contributed by atoms with van der Waals surface area (Å²) >= 11 is 0. The van der Waals surface area contributed by atoms with E-state index in [2.05, 4.69) is 0 Å². The SMILES string of the molecule is CC(C)C1C(=O)N(C[C@H]2CO2)C(=O)N1CC1CO1. The van der Waals surface area contributed by atoms with Crippen LogP contribution in [0.1, 0.15) is 13.8 Å². The number of hydrogen-bond acceptors (Lipinski definition) is 4. The van der Waals surface area contributed by atoms with Crippen molar-refractivity contribution in [1.29, 1.82) is 0 Å². The lowest BCUT2D eigenvalue weighted by atomic mass is 10.0. The van der Waals surface area contributed by atoms with Crippen LogP contribution in [-0.4, -0.2) is 66.3 Å². The summed E-state index contributed by atoms with van der Waals surface area (Å²) in [6.07, 6.45) is 0.156. The van der Waals surface area contributed by atoms with Crippen LogP contribution in [0, 0.1) is 5.92 Å². The number of imide groups is 1. The average Bonchev–Trinajstić information content (AvgIpc) is 3.17. The summed E-state index contributed by atoms with van der Waals surface area (Å²) in [6.45, 7) is 6.18. The van der Waals surface area contributed by atoms with Crippen LogP contribution in [0.4, 0.5) is 4.79 Å². The molecule has 2 unspecified atom stereocenters. The van der Waals surface area contributed by atoms with Crippen LogP contribution in [0.2, 0.25) is 0 Å². The molecule has 0 spiro atoms. The Morgan fingerprint density at radius 2 is 1.72 bits per heavy atom. The molecule has 0 saturated carbocycles. The zero-order valence-corrected chi connectivity index (χ0v) is 10.7. The molecule has 100 valence electrons. The Morgan fingerprint density at radius 1 is 1.17 bits per heavy atom. The number of carbonyl (C=O) groups is 2. The number of carbonyl (C=O) groups excluding carboxylic acids is 2. The van der Waals surface area contributed by atoms with Gasteiger partial charge in [-0.05, 0) is 5.92 Å². The molecule has 6 heteroatoms. The third kappa shape index (κ3) is 2.10. The van der Waals surface area contributed by atoms with Crippen LogP contribution in [0.5, 0.6) is 0 Å². The first-order valence-electron chi connectivity index (χ1n) is 6.43. The van der Waals surface area contributed by atoms with Crippen molar-refractivity contribution in [3.8, 4) is 0 Å². The van der Waals surface area contributed by atoms with Crippen LogP contribution >= 0.6 is 0 Å². The van der Waals surface area contributed by atoms with Crippen molar-refractivity contribution in [2.75, 3.05) is 26.3 Å². The molecular weight excluding hydrogens is 236 g/mol. The highest BCUT2D eigenvalue weighted by atomic mass is 16.6. The topological polar surface area (TPSA) is 65.7 Å². The van der Waals surface area contributed by atoms with Gasteiger partial charge >= 0.3 is 6.03 Å². The maximum absolute atomic E-state index is 12.3. The van der Waals surface area contributed by atoms with E-state index in [0.717, 1.165) is 0 Å². The number of amides is 3. The van der Waals surface area contributed by atoms with E-state index >= 15 is 0 Å². The molecule has 0 aromatic rings. The molecule has 3 atom stereocenters. The van der Waals surface area contributed by atoms with Gasteiger partial charge in [0.15, 0.2) is 0 Å². The minimum atomic E-state index is -0.347. The Balaban J connectivity index is 1.76. The maximum atomic E-state index is 12.3. The summed E-state index contributed by atoms with van der Waals surface area (Å²) in [5.74, 6) is 0.0245. The summed E-state index contributed by atoms with van der Waals surface area (Å²) in [7, 11) is 0. The predicted molar refractivity (Wildman–Crippen MR) is 61.9 cm³/mol. The van der Waals surface area contributed by atoms with E-state index in [9.17, 15) is 9.59 Å². The summed E-state index contributed by atoms with van der Waals surface area (Å²) in [5.41, 5.74) is 0. The van der Waals surface area contributed by atoms with Gasteiger partial charge in [-0.1, -0.05) is 13.8 Å². The number of hydrogen-bond donors (Lipinski definition) is 0. The summed E-state index contributed by atoms with van der Waals surface area (Å²) in [4.78, 5) is 27.6. The second-order valence-electron chi connectivity index (χ2n) is 5.48. The van der Waals surface area contributed by atoms with Gasteiger partial charge in [-0.15, -0.1) is 0 Å². The number of epoxide rings is 2. The third-order valence-corrected chi connectivity index (χ3v) is 3.55. The van der Waals surface area contributed by atoms with Gasteiger partial charge in [0.2, 0.25) is 0 Å². The molecule has 3 amide bonds. The smallest absolute Gasteiger partial charge is 0.327 e. The lowest BCUT2D eigenvalue weighted by molar-refractivity contribution is -0.129. The van der Waals surface area contributed by atoms with Crippen molar-refractivity contribution >= 4 is 11.9 Å². The molecule has 3 heterocycles. The van der Waals surface area contributed by atoms with Crippen LogP contribution in [0.15, 0.2) is 0 Å². The highest BCUT2D eigenvalue weighted by Gasteiger charge is 2.49. The van der Waals surface area contributed by atoms with E-state index in [1.54, 1.807) is 4.90 Å². The van der Waals surface area contributed by atoms with E-state index in [-0.39, 0.29) is 36.1 Å². The lowest BCUT2D eigenvalue weighted by Gasteiger charge is -2.23. The molecule has 3 fully saturated rings. The fraction of sp³-hybridized carbons (Fsp3) is 0.833. The highest BCUT2D eigenvalue weighted by molar-refractivity contribution is 6.04. The quantitative estimate of drug-likeness (QED) is 0.514. The summed E-state index contributed by atoms with van der Waals surface area (Å²) in [6, 6.07) is -0.537. The van der Waals surface area contributed by atoms with Gasteiger partial charge in [0.25, 0.3) is 5.91 Å². The molecule has 3 aliphatic rings. The van der Waals surface area contributed by atoms with E-state index in [1.165, 1.54) is 4.90 Å².